The Balaban J connectivity index is 0.000000280. The summed E-state index contributed by atoms with van der Waals surface area (Å²) in [5.41, 5.74) is 15.5. The Kier molecular flexibility index (Phi) is 34.7. The Morgan fingerprint density at radius 2 is 1.12 bits per heavy atom. The van der Waals surface area contributed by atoms with Crippen molar-refractivity contribution in [2.75, 3.05) is 46.1 Å². The number of hydrogen-bond donors (Lipinski definition) is 6. The molecule has 2 aromatic carbocycles. The van der Waals surface area contributed by atoms with E-state index in [0.29, 0.717) is 104 Å². The van der Waals surface area contributed by atoms with Gasteiger partial charge in [0.25, 0.3) is 17.7 Å². The molecule has 0 aliphatic carbocycles. The van der Waals surface area contributed by atoms with Crippen LogP contribution in [-0.2, 0) is 66.8 Å². The Morgan fingerprint density at radius 3 is 1.60 bits per heavy atom. The van der Waals surface area contributed by atoms with Crippen molar-refractivity contribution in [3.8, 4) is 0 Å². The average molecular weight is 1530 g/mol. The zero-order valence-electron chi connectivity index (χ0n) is 63.5. The fourth-order valence-electron chi connectivity index (χ4n) is 12.6. The van der Waals surface area contributed by atoms with Gasteiger partial charge in [-0.25, -0.2) is 10.9 Å². The van der Waals surface area contributed by atoms with E-state index in [4.69, 9.17) is 69.0 Å². The van der Waals surface area contributed by atoms with Gasteiger partial charge in [-0.2, -0.15) is 0 Å². The van der Waals surface area contributed by atoms with Gasteiger partial charge in [0.15, 0.2) is 17.7 Å². The molecule has 4 aromatic rings. The highest BCUT2D eigenvalue weighted by Gasteiger charge is 2.40. The van der Waals surface area contributed by atoms with Gasteiger partial charge in [-0.15, -0.1) is 0 Å². The summed E-state index contributed by atoms with van der Waals surface area (Å²) in [5, 5.41) is 15.5. The number of fused-ring (bicyclic) bond motifs is 2. The molecule has 24 nitrogen and oxygen atoms in total. The number of esters is 2. The molecule has 2 aromatic heterocycles. The van der Waals surface area contributed by atoms with Gasteiger partial charge in [0.2, 0.25) is 15.6 Å². The Labute approximate surface area is 639 Å². The number of hydrazine groups is 2. The van der Waals surface area contributed by atoms with Crippen molar-refractivity contribution in [2.45, 2.75) is 211 Å². The highest BCUT2D eigenvalue weighted by atomic mass is 35.6. The van der Waals surface area contributed by atoms with Crippen molar-refractivity contribution in [2.24, 2.45) is 35.3 Å². The van der Waals surface area contributed by atoms with Crippen molar-refractivity contribution in [3.05, 3.63) is 121 Å². The third-order valence-corrected chi connectivity index (χ3v) is 19.5. The maximum atomic E-state index is 13.5. The van der Waals surface area contributed by atoms with E-state index in [-0.39, 0.29) is 53.9 Å². The van der Waals surface area contributed by atoms with Gasteiger partial charge in [0.1, 0.15) is 36.6 Å². The van der Waals surface area contributed by atoms with Gasteiger partial charge in [0, 0.05) is 73.4 Å². The van der Waals surface area contributed by atoms with Crippen LogP contribution < -0.4 is 32.5 Å². The first-order chi connectivity index (χ1) is 50.2. The van der Waals surface area contributed by atoms with Gasteiger partial charge in [-0.05, 0) is 177 Å². The molecule has 8 rings (SSSR count). The van der Waals surface area contributed by atoms with Crippen LogP contribution in [0.4, 0.5) is 0 Å². The molecule has 0 bridgehead atoms. The topological polar surface area (TPSA) is 310 Å². The lowest BCUT2D eigenvalue weighted by Gasteiger charge is -2.35. The molecular formula is C79H111Cl3N10O14. The number of rotatable bonds is 31. The van der Waals surface area contributed by atoms with Crippen molar-refractivity contribution in [1.82, 2.24) is 46.8 Å². The van der Waals surface area contributed by atoms with Crippen LogP contribution >= 0.6 is 34.8 Å². The highest BCUT2D eigenvalue weighted by molar-refractivity contribution is 6.67. The number of nitrogens with zero attached hydrogens (tertiary/aromatic N) is 4. The summed E-state index contributed by atoms with van der Waals surface area (Å²) >= 11 is 16.9. The maximum Gasteiger partial charge on any atom is 0.325 e. The van der Waals surface area contributed by atoms with Crippen LogP contribution in [0.5, 0.6) is 0 Å². The third kappa shape index (κ3) is 27.2. The molecule has 5 amide bonds. The minimum atomic E-state index is -1.74. The summed E-state index contributed by atoms with van der Waals surface area (Å²) in [5.74, 6) is -6.39. The van der Waals surface area contributed by atoms with E-state index >= 15 is 0 Å². The third-order valence-electron chi connectivity index (χ3n) is 19.1. The Bertz CT molecular complexity index is 3700. The monoisotopic (exact) mass is 1530 g/mol. The molecule has 106 heavy (non-hydrogen) atoms. The molecule has 4 aliphatic rings. The number of pyridine rings is 2. The van der Waals surface area contributed by atoms with E-state index in [1.54, 1.807) is 46.0 Å². The summed E-state index contributed by atoms with van der Waals surface area (Å²) in [4.78, 5) is 114. The number of alkyl halides is 3. The van der Waals surface area contributed by atoms with Crippen molar-refractivity contribution < 1.29 is 66.8 Å². The van der Waals surface area contributed by atoms with Crippen LogP contribution in [0.25, 0.3) is 33.7 Å². The number of amides is 5. The van der Waals surface area contributed by atoms with Crippen LogP contribution in [0.3, 0.4) is 0 Å². The number of nitrogens with two attached hydrogens (primary N) is 1. The molecule has 4 saturated heterocycles. The quantitative estimate of drug-likeness (QED) is 0.0155. The number of halogens is 3. The number of hydrogen-bond acceptors (Lipinski definition) is 19. The Hall–Kier alpha value is -7.23. The second-order valence-corrected chi connectivity index (χ2v) is 31.1. The lowest BCUT2D eigenvalue weighted by atomic mass is 9.83. The highest BCUT2D eigenvalue weighted by Crippen LogP contribution is 2.33. The van der Waals surface area contributed by atoms with E-state index in [1.165, 1.54) is 10.0 Å². The number of carbonyl (C=O) groups excluding carboxylic acids is 8. The van der Waals surface area contributed by atoms with Crippen LogP contribution in [0.15, 0.2) is 98.4 Å². The van der Waals surface area contributed by atoms with E-state index in [9.17, 15) is 38.4 Å². The SMILES string of the molecule is C/C=C/C[C@@H](CCC1(C)OCCO1)C(=O)C[C@H](C(=O)N[C@@H](C)C(=O)N1CCC[C@@H](C(=O)OCC(Cl)(Cl)Cl)N1)C(C)C.C=Cc1cc2cc([C@@H](C)N)ccc2cn1.C=Cc1cc2cc([C@@H](C)NC(=O)[C@@H]3CCCN(C(=O)[C@H](C)NC(=O)[C@@H](OC(=O)[C@@H](C/C=C/C)CCC4(C)OCCO4)C(C)C)N3)ccc2cn1. The number of aromatic nitrogens is 2. The number of nitrogens with one attached hydrogen (secondary N) is 5. The molecule has 582 valence electrons. The van der Waals surface area contributed by atoms with Crippen molar-refractivity contribution in [1.29, 1.82) is 0 Å². The largest absolute Gasteiger partial charge is 0.460 e. The molecule has 7 N–H and O–H groups in total. The number of benzene rings is 2. The van der Waals surface area contributed by atoms with Crippen LogP contribution in [0.1, 0.15) is 188 Å². The molecule has 27 heteroatoms. The van der Waals surface area contributed by atoms with Crippen molar-refractivity contribution >= 4 is 116 Å². The minimum Gasteiger partial charge on any atom is -0.460 e. The first kappa shape index (κ1) is 87.7. The fraction of sp³-hybridized carbons (Fsp3) is 0.570. The molecule has 0 saturated carbocycles. The van der Waals surface area contributed by atoms with Crippen molar-refractivity contribution in [3.63, 3.8) is 0 Å². The molecule has 4 fully saturated rings. The Morgan fingerprint density at radius 1 is 0.651 bits per heavy atom. The number of allylic oxidation sites excluding steroid dienone is 4. The second kappa shape index (κ2) is 41.9. The molecular weight excluding hydrogens is 1420 g/mol. The first-order valence-electron chi connectivity index (χ1n) is 36.8. The van der Waals surface area contributed by atoms with Crippen LogP contribution in [0, 0.1) is 29.6 Å². The maximum absolute atomic E-state index is 13.5. The van der Waals surface area contributed by atoms with E-state index in [0.717, 1.165) is 44.1 Å². The number of ether oxygens (including phenoxy) is 6. The predicted molar refractivity (Wildman–Crippen MR) is 413 cm³/mol. The number of ketones is 1. The van der Waals surface area contributed by atoms with Gasteiger partial charge in [-0.3, -0.25) is 58.3 Å². The van der Waals surface area contributed by atoms with Gasteiger partial charge in [0.05, 0.1) is 49.8 Å². The number of carbonyl (C=O) groups is 8. The van der Waals surface area contributed by atoms with E-state index in [1.807, 2.05) is 128 Å². The van der Waals surface area contributed by atoms with E-state index < -0.39 is 93.7 Å². The second-order valence-electron chi connectivity index (χ2n) is 28.5. The summed E-state index contributed by atoms with van der Waals surface area (Å²) in [6, 6.07) is 12.7. The zero-order chi connectivity index (χ0) is 78.1. The molecule has 0 radical (unpaired) electrons. The van der Waals surface area contributed by atoms with Gasteiger partial charge < -0.3 is 50.1 Å². The molecule has 6 heterocycles. The molecule has 4 aliphatic heterocycles. The lowest BCUT2D eigenvalue weighted by molar-refractivity contribution is -0.167. The summed E-state index contributed by atoms with van der Waals surface area (Å²) in [6.45, 7) is 31.8. The smallest absolute Gasteiger partial charge is 0.325 e. The standard InChI is InChI=1S/C38H53N5O7.C28H44Cl3N3O7.C13H14N2/c1-8-10-12-27(16-17-38(7)48-19-20-49-38)37(47)50-33(24(3)4)35(45)41-26(6)36(46)43-18-11-13-32(42-43)34(44)40-25(5)28-14-15-29-23-39-31(9-2)22-30(29)21-28;1-6-7-9-20(11-12-27(5)40-14-15-41-27)23(35)16-21(18(2)3)24(36)32-19(4)25(37)34-13-8-10-22(33-34)26(38)39-17-28(29,30)31;1-3-13-7-12-6-10(9(2)14)4-5-11(12)8-15-13/h8-10,14-15,21-27,32-33,42H,2,11-13,16-20H2,1,3-7H3,(H,40,44)(H,41,45);6-7,18-22,33H,8-17H2,1-5H3,(H,32,36);3-9H,1,14H2,2H3/b10-8+;7-6+;/t25-,26+,27+,32+,33+;19-,20-,21-,22-;9-/m101/s1. The first-order valence-corrected chi connectivity index (χ1v) is 37.9. The normalized spacial score (nSPS) is 19.5. The summed E-state index contributed by atoms with van der Waals surface area (Å²) < 4.78 is 31.9. The van der Waals surface area contributed by atoms with Gasteiger partial charge >= 0.3 is 11.9 Å². The zero-order valence-corrected chi connectivity index (χ0v) is 65.8. The van der Waals surface area contributed by atoms with Crippen LogP contribution in [0.2, 0.25) is 0 Å². The number of Topliss-reactive ketones (excluding diaryl/α,β-unsaturated/α-hetero) is 1. The van der Waals surface area contributed by atoms with E-state index in [2.05, 4.69) is 56.0 Å². The van der Waals surface area contributed by atoms with Crippen LogP contribution in [-0.4, -0.2) is 159 Å². The minimum absolute atomic E-state index is 0.00793. The fourth-order valence-corrected chi connectivity index (χ4v) is 12.7. The molecule has 0 unspecified atom stereocenters. The predicted octanol–water partition coefficient (Wildman–Crippen LogP) is 11.9. The summed E-state index contributed by atoms with van der Waals surface area (Å²) in [7, 11) is 0. The van der Waals surface area contributed by atoms with Gasteiger partial charge in [-0.1, -0.05) is 124 Å². The lowest BCUT2D eigenvalue weighted by Crippen LogP contribution is -2.61. The molecule has 0 spiro atoms. The average Bonchev–Trinajstić information content (AvgIpc) is 1.01. The molecule has 10 atom stereocenters. The summed E-state index contributed by atoms with van der Waals surface area (Å²) in [6.07, 6.45) is 19.0.